The molecule has 2 saturated heterocycles. The van der Waals surface area contributed by atoms with Crippen molar-refractivity contribution in [2.75, 3.05) is 6.61 Å². The lowest BCUT2D eigenvalue weighted by Gasteiger charge is -2.23. The zero-order valence-corrected chi connectivity index (χ0v) is 11.0. The van der Waals surface area contributed by atoms with Gasteiger partial charge < -0.3 is 18.9 Å². The second kappa shape index (κ2) is 4.99. The highest BCUT2D eigenvalue weighted by Gasteiger charge is 2.54. The van der Waals surface area contributed by atoms with Crippen molar-refractivity contribution in [2.45, 2.75) is 57.4 Å². The fourth-order valence-electron chi connectivity index (χ4n) is 2.46. The van der Waals surface area contributed by atoms with Crippen molar-refractivity contribution >= 4 is 5.97 Å². The number of ether oxygens (including phenoxy) is 4. The molecule has 5 heteroatoms. The summed E-state index contributed by atoms with van der Waals surface area (Å²) < 4.78 is 22.5. The van der Waals surface area contributed by atoms with Gasteiger partial charge in [0.15, 0.2) is 5.79 Å². The highest BCUT2D eigenvalue weighted by atomic mass is 16.8. The van der Waals surface area contributed by atoms with Crippen molar-refractivity contribution in [1.29, 1.82) is 0 Å². The minimum Gasteiger partial charge on any atom is -0.463 e. The lowest BCUT2D eigenvalue weighted by molar-refractivity contribution is -0.192. The first-order chi connectivity index (χ1) is 8.43. The van der Waals surface area contributed by atoms with Crippen LogP contribution in [0.25, 0.3) is 0 Å². The Labute approximate surface area is 107 Å². The molecule has 0 amide bonds. The van der Waals surface area contributed by atoms with Gasteiger partial charge in [0.2, 0.25) is 0 Å². The second-order valence-corrected chi connectivity index (χ2v) is 5.10. The molecular formula is C13H20O5. The SMILES string of the molecule is C=CC[C@@H]1O[C@H](COC(C)=O)[C@H]2OC(C)(C)O[C@H]21. The molecule has 0 radical (unpaired) electrons. The lowest BCUT2D eigenvalue weighted by atomic mass is 10.1. The van der Waals surface area contributed by atoms with E-state index in [1.54, 1.807) is 6.08 Å². The molecule has 0 saturated carbocycles. The van der Waals surface area contributed by atoms with E-state index in [1.165, 1.54) is 6.92 Å². The van der Waals surface area contributed by atoms with Gasteiger partial charge in [-0.15, -0.1) is 6.58 Å². The molecule has 18 heavy (non-hydrogen) atoms. The van der Waals surface area contributed by atoms with Crippen molar-refractivity contribution in [2.24, 2.45) is 0 Å². The summed E-state index contributed by atoms with van der Waals surface area (Å²) in [6.45, 7) is 9.04. The predicted molar refractivity (Wildman–Crippen MR) is 63.9 cm³/mol. The third-order valence-corrected chi connectivity index (χ3v) is 3.10. The van der Waals surface area contributed by atoms with Gasteiger partial charge in [0.05, 0.1) is 6.10 Å². The minimum absolute atomic E-state index is 0.0881. The van der Waals surface area contributed by atoms with E-state index in [-0.39, 0.29) is 37.0 Å². The molecule has 0 bridgehead atoms. The summed E-state index contributed by atoms with van der Waals surface area (Å²) in [5.74, 6) is -0.937. The van der Waals surface area contributed by atoms with Crippen LogP contribution in [0.2, 0.25) is 0 Å². The van der Waals surface area contributed by atoms with Crippen LogP contribution < -0.4 is 0 Å². The van der Waals surface area contributed by atoms with Gasteiger partial charge in [0, 0.05) is 6.92 Å². The van der Waals surface area contributed by atoms with Gasteiger partial charge in [-0.05, 0) is 20.3 Å². The number of carbonyl (C=O) groups is 1. The average Bonchev–Trinajstić information content (AvgIpc) is 2.71. The maximum Gasteiger partial charge on any atom is 0.302 e. The maximum atomic E-state index is 10.9. The van der Waals surface area contributed by atoms with Crippen LogP contribution >= 0.6 is 0 Å². The summed E-state index contributed by atoms with van der Waals surface area (Å²) >= 11 is 0. The van der Waals surface area contributed by atoms with Crippen molar-refractivity contribution in [3.8, 4) is 0 Å². The Balaban J connectivity index is 2.04. The molecule has 2 fully saturated rings. The fraction of sp³-hybridized carbons (Fsp3) is 0.769. The monoisotopic (exact) mass is 256 g/mol. The summed E-state index contributed by atoms with van der Waals surface area (Å²) in [5, 5.41) is 0. The number of rotatable bonds is 4. The first kappa shape index (κ1) is 13.5. The Morgan fingerprint density at radius 1 is 1.33 bits per heavy atom. The summed E-state index contributed by atoms with van der Waals surface area (Å²) in [7, 11) is 0. The highest BCUT2D eigenvalue weighted by molar-refractivity contribution is 5.65. The molecule has 0 unspecified atom stereocenters. The third-order valence-electron chi connectivity index (χ3n) is 3.10. The predicted octanol–water partition coefficient (Wildman–Crippen LogP) is 1.41. The van der Waals surface area contributed by atoms with Crippen LogP contribution in [0, 0.1) is 0 Å². The van der Waals surface area contributed by atoms with Gasteiger partial charge in [0.1, 0.15) is 24.9 Å². The van der Waals surface area contributed by atoms with E-state index in [4.69, 9.17) is 18.9 Å². The molecule has 5 nitrogen and oxygen atoms in total. The largest absolute Gasteiger partial charge is 0.463 e. The van der Waals surface area contributed by atoms with Gasteiger partial charge in [-0.1, -0.05) is 6.08 Å². The molecule has 2 heterocycles. The van der Waals surface area contributed by atoms with Crippen molar-refractivity contribution in [3.05, 3.63) is 12.7 Å². The third kappa shape index (κ3) is 2.74. The first-order valence-corrected chi connectivity index (χ1v) is 6.18. The molecule has 4 atom stereocenters. The Bertz CT molecular complexity index is 338. The van der Waals surface area contributed by atoms with Gasteiger partial charge in [-0.2, -0.15) is 0 Å². The van der Waals surface area contributed by atoms with E-state index in [0.29, 0.717) is 6.42 Å². The van der Waals surface area contributed by atoms with Crippen molar-refractivity contribution < 1.29 is 23.7 Å². The molecular weight excluding hydrogens is 236 g/mol. The number of carbonyl (C=O) groups excluding carboxylic acids is 1. The molecule has 0 spiro atoms. The highest BCUT2D eigenvalue weighted by Crippen LogP contribution is 2.39. The number of hydrogen-bond acceptors (Lipinski definition) is 5. The topological polar surface area (TPSA) is 54.0 Å². The normalized spacial score (nSPS) is 37.3. The van der Waals surface area contributed by atoms with Crippen molar-refractivity contribution in [1.82, 2.24) is 0 Å². The Kier molecular flexibility index (Phi) is 3.75. The molecule has 2 aliphatic heterocycles. The Morgan fingerprint density at radius 3 is 2.50 bits per heavy atom. The summed E-state index contributed by atoms with van der Waals surface area (Å²) in [6.07, 6.45) is 1.81. The van der Waals surface area contributed by atoms with E-state index < -0.39 is 5.79 Å². The second-order valence-electron chi connectivity index (χ2n) is 5.10. The summed E-state index contributed by atoms with van der Waals surface area (Å²) in [4.78, 5) is 10.9. The van der Waals surface area contributed by atoms with Crippen LogP contribution in [-0.4, -0.2) is 42.8 Å². The summed E-state index contributed by atoms with van der Waals surface area (Å²) in [5.41, 5.74) is 0. The van der Waals surface area contributed by atoms with Crippen molar-refractivity contribution in [3.63, 3.8) is 0 Å². The van der Waals surface area contributed by atoms with Crippen LogP contribution in [-0.2, 0) is 23.7 Å². The number of hydrogen-bond donors (Lipinski definition) is 0. The minimum atomic E-state index is -0.618. The van der Waals surface area contributed by atoms with E-state index in [2.05, 4.69) is 6.58 Å². The zero-order chi connectivity index (χ0) is 13.3. The van der Waals surface area contributed by atoms with Crippen LogP contribution in [0.3, 0.4) is 0 Å². The molecule has 102 valence electrons. The van der Waals surface area contributed by atoms with Gasteiger partial charge in [-0.25, -0.2) is 0 Å². The van der Waals surface area contributed by atoms with Crippen LogP contribution in [0.4, 0.5) is 0 Å². The number of fused-ring (bicyclic) bond motifs is 1. The molecule has 2 aliphatic rings. The first-order valence-electron chi connectivity index (χ1n) is 6.18. The van der Waals surface area contributed by atoms with E-state index in [9.17, 15) is 4.79 Å². The Morgan fingerprint density at radius 2 is 1.94 bits per heavy atom. The average molecular weight is 256 g/mol. The Hall–Kier alpha value is -0.910. The zero-order valence-electron chi connectivity index (χ0n) is 11.0. The van der Waals surface area contributed by atoms with Crippen LogP contribution in [0.1, 0.15) is 27.2 Å². The molecule has 0 aromatic heterocycles. The molecule has 0 aliphatic carbocycles. The van der Waals surface area contributed by atoms with Gasteiger partial charge in [0.25, 0.3) is 0 Å². The summed E-state index contributed by atoms with van der Waals surface area (Å²) in [6, 6.07) is 0. The molecule has 2 rings (SSSR count). The number of esters is 1. The van der Waals surface area contributed by atoms with E-state index >= 15 is 0 Å². The maximum absolute atomic E-state index is 10.9. The lowest BCUT2D eigenvalue weighted by Crippen LogP contribution is -2.33. The van der Waals surface area contributed by atoms with Gasteiger partial charge >= 0.3 is 5.97 Å². The molecule has 0 N–H and O–H groups in total. The smallest absolute Gasteiger partial charge is 0.302 e. The molecule has 0 aromatic carbocycles. The van der Waals surface area contributed by atoms with Crippen LogP contribution in [0.5, 0.6) is 0 Å². The fourth-order valence-corrected chi connectivity index (χ4v) is 2.46. The van der Waals surface area contributed by atoms with Gasteiger partial charge in [-0.3, -0.25) is 4.79 Å². The van der Waals surface area contributed by atoms with E-state index in [1.807, 2.05) is 13.8 Å². The molecule has 0 aromatic rings. The standard InChI is InChI=1S/C13H20O5/c1-5-6-9-11-12(18-13(3,4)17-11)10(16-9)7-15-8(2)14/h5,9-12H,1,6-7H2,2-4H3/t9-,10+,11-,12+/m0/s1. The quantitative estimate of drug-likeness (QED) is 0.562. The van der Waals surface area contributed by atoms with Crippen LogP contribution in [0.15, 0.2) is 12.7 Å². The van der Waals surface area contributed by atoms with E-state index in [0.717, 1.165) is 0 Å².